The molecular weight excluding hydrogens is 582 g/mol. The first-order valence-electron chi connectivity index (χ1n) is 11.1. The number of esters is 1. The fourth-order valence-corrected chi connectivity index (χ4v) is 3.82. The van der Waals surface area contributed by atoms with Gasteiger partial charge in [0, 0.05) is 23.4 Å². The zero-order valence-corrected chi connectivity index (χ0v) is 21.6. The summed E-state index contributed by atoms with van der Waals surface area (Å²) in [6.45, 7) is 3.33. The Labute approximate surface area is 232 Å². The summed E-state index contributed by atoms with van der Waals surface area (Å²) < 4.78 is 50.9. The smallest absolute Gasteiger partial charge is 0.481 e. The Morgan fingerprint density at radius 2 is 1.73 bits per heavy atom. The largest absolute Gasteiger partial charge is 0.490 e. The Bertz CT molecular complexity index is 1330. The van der Waals surface area contributed by atoms with Crippen LogP contribution in [0, 0.1) is 11.2 Å². The monoisotopic (exact) mass is 605 g/mol. The number of carbonyl (C=O) groups is 5. The maximum Gasteiger partial charge on any atom is 0.490 e. The summed E-state index contributed by atoms with van der Waals surface area (Å²) in [6, 6.07) is 4.97. The quantitative estimate of drug-likeness (QED) is 0.0597. The molecule has 1 aromatic heterocycles. The van der Waals surface area contributed by atoms with Crippen molar-refractivity contribution in [3.05, 3.63) is 64.1 Å². The highest BCUT2D eigenvalue weighted by Crippen LogP contribution is 2.24. The number of ether oxygens (including phenoxy) is 1. The Kier molecular flexibility index (Phi) is 12.6. The molecule has 1 aromatic carbocycles. The molecule has 1 amide bonds. The van der Waals surface area contributed by atoms with Crippen LogP contribution in [0.5, 0.6) is 5.75 Å². The van der Waals surface area contributed by atoms with Crippen molar-refractivity contribution in [1.29, 1.82) is 5.41 Å². The summed E-state index contributed by atoms with van der Waals surface area (Å²) in [5, 5.41) is 32.7. The molecule has 17 heteroatoms. The third kappa shape index (κ3) is 11.1. The van der Waals surface area contributed by atoms with Crippen LogP contribution < -0.4 is 10.5 Å². The second kappa shape index (κ2) is 15.1. The van der Waals surface area contributed by atoms with E-state index in [1.807, 2.05) is 0 Å². The Hall–Kier alpha value is -4.80. The van der Waals surface area contributed by atoms with Gasteiger partial charge in [-0.15, -0.1) is 17.9 Å². The maximum atomic E-state index is 14.1. The zero-order valence-electron chi connectivity index (χ0n) is 20.8. The topological polar surface area (TPSA) is 208 Å². The molecule has 0 bridgehead atoms. The molecule has 12 nitrogen and oxygen atoms in total. The SMILES string of the molecule is C=CCN(C(=O)CCc1ccc(C(=O)Oc2ccc(C(=N)N)cc2F)s1)[C@@H](CC(=O)O)C(=O)O.O=C(O)C(F)(F)F. The van der Waals surface area contributed by atoms with Crippen molar-refractivity contribution in [3.8, 4) is 5.75 Å². The summed E-state index contributed by atoms with van der Waals surface area (Å²) in [6.07, 6.45) is -4.51. The lowest BCUT2D eigenvalue weighted by molar-refractivity contribution is -0.192. The number of aryl methyl sites for hydroxylation is 1. The molecule has 41 heavy (non-hydrogen) atoms. The number of benzene rings is 1. The van der Waals surface area contributed by atoms with Crippen LogP contribution in [0.4, 0.5) is 17.6 Å². The molecule has 6 N–H and O–H groups in total. The van der Waals surface area contributed by atoms with Crippen molar-refractivity contribution < 1.29 is 61.6 Å². The molecule has 0 aliphatic heterocycles. The Morgan fingerprint density at radius 1 is 1.12 bits per heavy atom. The van der Waals surface area contributed by atoms with E-state index >= 15 is 0 Å². The first-order valence-corrected chi connectivity index (χ1v) is 11.9. The minimum absolute atomic E-state index is 0.132. The van der Waals surface area contributed by atoms with E-state index in [0.717, 1.165) is 22.3 Å². The van der Waals surface area contributed by atoms with Crippen molar-refractivity contribution in [3.63, 3.8) is 0 Å². The van der Waals surface area contributed by atoms with Gasteiger partial charge in [-0.3, -0.25) is 15.0 Å². The number of nitrogens with zero attached hydrogens (tertiary/aromatic N) is 1. The number of hydrogen-bond acceptors (Lipinski definition) is 8. The van der Waals surface area contributed by atoms with E-state index in [2.05, 4.69) is 6.58 Å². The van der Waals surface area contributed by atoms with Crippen molar-refractivity contribution in [2.75, 3.05) is 6.54 Å². The molecule has 1 atom stereocenters. The van der Waals surface area contributed by atoms with Crippen molar-refractivity contribution in [2.45, 2.75) is 31.5 Å². The number of nitrogen functional groups attached to an aromatic ring is 1. The number of aliphatic carboxylic acids is 3. The maximum absolute atomic E-state index is 14.1. The van der Waals surface area contributed by atoms with Crippen LogP contribution in [0.1, 0.15) is 33.0 Å². The molecule has 0 aliphatic carbocycles. The van der Waals surface area contributed by atoms with Crippen molar-refractivity contribution in [2.24, 2.45) is 5.73 Å². The number of halogens is 4. The Balaban J connectivity index is 0.00000106. The van der Waals surface area contributed by atoms with Crippen LogP contribution in [0.15, 0.2) is 43.0 Å². The van der Waals surface area contributed by atoms with E-state index in [-0.39, 0.29) is 41.4 Å². The van der Waals surface area contributed by atoms with Crippen LogP contribution in [-0.2, 0) is 25.6 Å². The number of nitrogens with one attached hydrogen (secondary N) is 1. The van der Waals surface area contributed by atoms with Crippen LogP contribution in [0.3, 0.4) is 0 Å². The van der Waals surface area contributed by atoms with Gasteiger partial charge in [0.2, 0.25) is 5.91 Å². The number of thiophene rings is 1. The summed E-state index contributed by atoms with van der Waals surface area (Å²) in [5.74, 6) is -8.49. The molecule has 222 valence electrons. The third-order valence-electron chi connectivity index (χ3n) is 4.81. The molecule has 2 rings (SSSR count). The number of amides is 1. The van der Waals surface area contributed by atoms with E-state index in [9.17, 15) is 41.8 Å². The van der Waals surface area contributed by atoms with E-state index in [4.69, 9.17) is 30.9 Å². The van der Waals surface area contributed by atoms with Crippen LogP contribution in [0.25, 0.3) is 0 Å². The van der Waals surface area contributed by atoms with Gasteiger partial charge in [0.1, 0.15) is 16.8 Å². The lowest BCUT2D eigenvalue weighted by Crippen LogP contribution is -2.46. The first-order chi connectivity index (χ1) is 19.0. The van der Waals surface area contributed by atoms with Gasteiger partial charge in [0.25, 0.3) is 0 Å². The molecule has 0 fully saturated rings. The minimum atomic E-state index is -5.08. The standard InChI is InChI=1S/C22H22FN3O7S.C2HF3O2/c1-2-9-26(15(21(30)31)11-19(28)29)18(27)8-5-13-4-7-17(34-13)22(32)33-16-6-3-12(20(24)25)10-14(16)23;3-2(4,5)1(6)7/h2-4,6-7,10,15H,1,5,8-9,11H2,(H3,24,25)(H,28,29)(H,30,31);(H,6,7)/t15-;/m0./s1. The molecule has 0 unspecified atom stereocenters. The van der Waals surface area contributed by atoms with E-state index in [1.54, 1.807) is 6.07 Å². The molecule has 0 radical (unpaired) electrons. The fraction of sp³-hybridized carbons (Fsp3) is 0.250. The van der Waals surface area contributed by atoms with Crippen molar-refractivity contribution in [1.82, 2.24) is 4.90 Å². The van der Waals surface area contributed by atoms with E-state index in [1.165, 1.54) is 24.3 Å². The van der Waals surface area contributed by atoms with Gasteiger partial charge in [0.15, 0.2) is 11.6 Å². The van der Waals surface area contributed by atoms with Gasteiger partial charge in [-0.05, 0) is 36.8 Å². The molecule has 0 saturated carbocycles. The number of rotatable bonds is 12. The number of alkyl halides is 3. The first kappa shape index (κ1) is 34.2. The summed E-state index contributed by atoms with van der Waals surface area (Å²) in [7, 11) is 0. The normalized spacial score (nSPS) is 11.3. The number of hydrogen-bond donors (Lipinski definition) is 5. The number of carboxylic acids is 3. The van der Waals surface area contributed by atoms with Crippen LogP contribution in [0.2, 0.25) is 0 Å². The number of carbonyl (C=O) groups excluding carboxylic acids is 2. The van der Waals surface area contributed by atoms with Gasteiger partial charge in [0.05, 0.1) is 6.42 Å². The van der Waals surface area contributed by atoms with E-state index < -0.39 is 54.2 Å². The van der Waals surface area contributed by atoms with Crippen LogP contribution in [-0.4, -0.2) is 74.6 Å². The van der Waals surface area contributed by atoms with Gasteiger partial charge in [-0.2, -0.15) is 13.2 Å². The predicted molar refractivity (Wildman–Crippen MR) is 134 cm³/mol. The fourth-order valence-electron chi connectivity index (χ4n) is 2.94. The van der Waals surface area contributed by atoms with Gasteiger partial charge < -0.3 is 30.7 Å². The average molecular weight is 606 g/mol. The lowest BCUT2D eigenvalue weighted by atomic mass is 10.1. The van der Waals surface area contributed by atoms with Gasteiger partial charge in [-0.1, -0.05) is 6.08 Å². The highest BCUT2D eigenvalue weighted by molar-refractivity contribution is 7.13. The second-order valence-corrected chi connectivity index (χ2v) is 8.97. The number of carboxylic acid groups (broad SMARTS) is 3. The highest BCUT2D eigenvalue weighted by atomic mass is 32.1. The number of amidine groups is 1. The molecule has 0 aliphatic rings. The molecule has 0 spiro atoms. The third-order valence-corrected chi connectivity index (χ3v) is 5.94. The molecule has 1 heterocycles. The van der Waals surface area contributed by atoms with Crippen molar-refractivity contribution >= 4 is 47.0 Å². The zero-order chi connectivity index (χ0) is 31.5. The molecule has 0 saturated heterocycles. The average Bonchev–Trinajstić information content (AvgIpc) is 3.34. The number of nitrogens with two attached hydrogens (primary N) is 1. The van der Waals surface area contributed by atoms with E-state index in [0.29, 0.717) is 4.88 Å². The highest BCUT2D eigenvalue weighted by Gasteiger charge is 2.38. The molecular formula is C24H23F4N3O9S. The molecule has 2 aromatic rings. The summed E-state index contributed by atoms with van der Waals surface area (Å²) >= 11 is 1.01. The summed E-state index contributed by atoms with van der Waals surface area (Å²) in [5.41, 5.74) is 5.43. The second-order valence-electron chi connectivity index (χ2n) is 7.80. The Morgan fingerprint density at radius 3 is 2.20 bits per heavy atom. The van der Waals surface area contributed by atoms with Crippen LogP contribution >= 0.6 is 11.3 Å². The predicted octanol–water partition coefficient (Wildman–Crippen LogP) is 2.90. The lowest BCUT2D eigenvalue weighted by Gasteiger charge is -2.27. The van der Waals surface area contributed by atoms with Gasteiger partial charge >= 0.3 is 30.1 Å². The summed E-state index contributed by atoms with van der Waals surface area (Å²) in [4.78, 5) is 58.0. The minimum Gasteiger partial charge on any atom is -0.481 e. The van der Waals surface area contributed by atoms with Gasteiger partial charge in [-0.25, -0.2) is 18.8 Å².